The number of hydrogen-bond acceptors (Lipinski definition) is 7. The van der Waals surface area contributed by atoms with Crippen molar-refractivity contribution in [2.75, 3.05) is 33.0 Å². The summed E-state index contributed by atoms with van der Waals surface area (Å²) in [7, 11) is 0. The molecule has 3 N–H and O–H groups in total. The fourth-order valence-corrected chi connectivity index (χ4v) is 1.84. The van der Waals surface area contributed by atoms with Crippen LogP contribution in [0.4, 0.5) is 0 Å². The number of aliphatic hydroxyl groups excluding tert-OH is 3. The Morgan fingerprint density at radius 1 is 0.900 bits per heavy atom. The van der Waals surface area contributed by atoms with E-state index in [9.17, 15) is 0 Å². The van der Waals surface area contributed by atoms with Gasteiger partial charge in [0.05, 0.1) is 39.1 Å². The summed E-state index contributed by atoms with van der Waals surface area (Å²) in [4.78, 5) is 0. The van der Waals surface area contributed by atoms with Gasteiger partial charge >= 0.3 is 0 Å². The summed E-state index contributed by atoms with van der Waals surface area (Å²) in [5, 5.41) is 26.1. The zero-order valence-corrected chi connectivity index (χ0v) is 12.4. The minimum atomic E-state index is -0.895. The predicted octanol–water partition coefficient (Wildman–Crippen LogP) is -0.377. The lowest BCUT2D eigenvalue weighted by atomic mass is 10.3. The summed E-state index contributed by atoms with van der Waals surface area (Å²) in [6, 6.07) is 0. The van der Waals surface area contributed by atoms with Crippen LogP contribution in [0.25, 0.3) is 0 Å². The molecule has 0 radical (unpaired) electrons. The van der Waals surface area contributed by atoms with Gasteiger partial charge < -0.3 is 34.3 Å². The van der Waals surface area contributed by atoms with Crippen LogP contribution in [-0.4, -0.2) is 72.1 Å². The Morgan fingerprint density at radius 2 is 1.35 bits per heavy atom. The predicted molar refractivity (Wildman–Crippen MR) is 70.0 cm³/mol. The van der Waals surface area contributed by atoms with Crippen LogP contribution in [0.15, 0.2) is 0 Å². The highest BCUT2D eigenvalue weighted by Gasteiger charge is 2.36. The average Bonchev–Trinajstić information content (AvgIpc) is 3.04. The Hall–Kier alpha value is -0.280. The van der Waals surface area contributed by atoms with Crippen molar-refractivity contribution in [3.63, 3.8) is 0 Å². The zero-order valence-electron chi connectivity index (χ0n) is 12.4. The molecule has 2 aliphatic rings. The molecule has 2 saturated heterocycles. The summed E-state index contributed by atoms with van der Waals surface area (Å²) in [5.41, 5.74) is 0. The molecule has 7 heteroatoms. The molecule has 20 heavy (non-hydrogen) atoms. The minimum Gasteiger partial charge on any atom is -0.394 e. The molecule has 2 rings (SSSR count). The molecule has 0 aromatic carbocycles. The Labute approximate surface area is 119 Å². The highest BCUT2D eigenvalue weighted by molar-refractivity contribution is 4.73. The molecule has 7 nitrogen and oxygen atoms in total. The summed E-state index contributed by atoms with van der Waals surface area (Å²) in [6.45, 7) is 6.09. The van der Waals surface area contributed by atoms with Crippen LogP contribution in [-0.2, 0) is 18.9 Å². The van der Waals surface area contributed by atoms with Crippen LogP contribution in [0.5, 0.6) is 0 Å². The third-order valence-corrected chi connectivity index (χ3v) is 3.21. The van der Waals surface area contributed by atoms with E-state index < -0.39 is 11.6 Å². The van der Waals surface area contributed by atoms with Gasteiger partial charge in [0, 0.05) is 0 Å². The van der Waals surface area contributed by atoms with E-state index in [2.05, 4.69) is 0 Å². The van der Waals surface area contributed by atoms with Crippen molar-refractivity contribution in [2.24, 2.45) is 0 Å². The average molecular weight is 294 g/mol. The lowest BCUT2D eigenvalue weighted by Gasteiger charge is -2.19. The van der Waals surface area contributed by atoms with Gasteiger partial charge in [0.1, 0.15) is 6.10 Å². The van der Waals surface area contributed by atoms with Gasteiger partial charge in [-0.3, -0.25) is 0 Å². The van der Waals surface area contributed by atoms with Gasteiger partial charge in [0.25, 0.3) is 0 Å². The SMILES string of the molecule is CCC1CO[C@@](C)(CO)O1.C[C@@]1(CO)OCC(CO)O1. The van der Waals surface area contributed by atoms with Gasteiger partial charge in [-0.15, -0.1) is 0 Å². The molecule has 4 atom stereocenters. The first-order valence-corrected chi connectivity index (χ1v) is 6.86. The fourth-order valence-electron chi connectivity index (χ4n) is 1.84. The maximum Gasteiger partial charge on any atom is 0.189 e. The van der Waals surface area contributed by atoms with Gasteiger partial charge in [-0.05, 0) is 20.3 Å². The Kier molecular flexibility index (Phi) is 6.80. The highest BCUT2D eigenvalue weighted by atomic mass is 16.8. The van der Waals surface area contributed by atoms with E-state index in [1.807, 2.05) is 6.92 Å². The Balaban J connectivity index is 0.000000200. The summed E-state index contributed by atoms with van der Waals surface area (Å²) in [6.07, 6.45) is 0.824. The van der Waals surface area contributed by atoms with Crippen LogP contribution in [0, 0.1) is 0 Å². The largest absolute Gasteiger partial charge is 0.394 e. The van der Waals surface area contributed by atoms with E-state index in [0.29, 0.717) is 13.2 Å². The normalized spacial score (nSPS) is 40.5. The summed E-state index contributed by atoms with van der Waals surface area (Å²) >= 11 is 0. The summed E-state index contributed by atoms with van der Waals surface area (Å²) < 4.78 is 20.8. The van der Waals surface area contributed by atoms with Gasteiger partial charge in [0.2, 0.25) is 0 Å². The molecule has 0 aliphatic carbocycles. The molecule has 120 valence electrons. The summed E-state index contributed by atoms with van der Waals surface area (Å²) in [5.74, 6) is -1.63. The van der Waals surface area contributed by atoms with Crippen molar-refractivity contribution in [1.29, 1.82) is 0 Å². The molecule has 0 saturated carbocycles. The molecule has 0 spiro atoms. The van der Waals surface area contributed by atoms with Crippen molar-refractivity contribution >= 4 is 0 Å². The van der Waals surface area contributed by atoms with Crippen molar-refractivity contribution in [3.8, 4) is 0 Å². The first kappa shape index (κ1) is 17.8. The maximum absolute atomic E-state index is 8.79. The lowest BCUT2D eigenvalue weighted by Crippen LogP contribution is -2.31. The fraction of sp³-hybridized carbons (Fsp3) is 1.00. The van der Waals surface area contributed by atoms with E-state index in [-0.39, 0.29) is 32.0 Å². The molecule has 0 bridgehead atoms. The second-order valence-electron chi connectivity index (χ2n) is 5.28. The van der Waals surface area contributed by atoms with Crippen LogP contribution in [0.3, 0.4) is 0 Å². The van der Waals surface area contributed by atoms with Crippen LogP contribution < -0.4 is 0 Å². The van der Waals surface area contributed by atoms with Crippen LogP contribution >= 0.6 is 0 Å². The maximum atomic E-state index is 8.79. The van der Waals surface area contributed by atoms with E-state index in [4.69, 9.17) is 34.3 Å². The van der Waals surface area contributed by atoms with E-state index in [1.54, 1.807) is 13.8 Å². The van der Waals surface area contributed by atoms with E-state index in [0.717, 1.165) is 6.42 Å². The molecule has 0 amide bonds. The lowest BCUT2D eigenvalue weighted by molar-refractivity contribution is -0.181. The quantitative estimate of drug-likeness (QED) is 0.650. The Morgan fingerprint density at radius 3 is 1.60 bits per heavy atom. The van der Waals surface area contributed by atoms with Gasteiger partial charge in [-0.2, -0.15) is 0 Å². The molecule has 0 aromatic rings. The smallest absolute Gasteiger partial charge is 0.189 e. The molecular formula is C13H26O7. The highest BCUT2D eigenvalue weighted by Crippen LogP contribution is 2.23. The first-order valence-electron chi connectivity index (χ1n) is 6.86. The standard InChI is InChI=1S/C7H14O3.C6H12O4/c1-3-6-4-9-7(2,5-8)10-6;1-6(4-8)9-3-5(2-7)10-6/h6,8H,3-5H2,1-2H3;5,7-8H,2-4H2,1H3/t6?,7-;5?,6-/m11/s1. The zero-order chi connectivity index (χ0) is 15.2. The van der Waals surface area contributed by atoms with Crippen molar-refractivity contribution in [1.82, 2.24) is 0 Å². The second kappa shape index (κ2) is 7.65. The van der Waals surface area contributed by atoms with Crippen molar-refractivity contribution in [3.05, 3.63) is 0 Å². The second-order valence-corrected chi connectivity index (χ2v) is 5.28. The van der Waals surface area contributed by atoms with Crippen LogP contribution in [0.2, 0.25) is 0 Å². The third-order valence-electron chi connectivity index (χ3n) is 3.21. The number of aliphatic hydroxyl groups is 3. The first-order chi connectivity index (χ1) is 9.40. The molecular weight excluding hydrogens is 268 g/mol. The van der Waals surface area contributed by atoms with E-state index in [1.165, 1.54) is 0 Å². The van der Waals surface area contributed by atoms with Crippen molar-refractivity contribution in [2.45, 2.75) is 51.0 Å². The van der Waals surface area contributed by atoms with Gasteiger partial charge in [-0.25, -0.2) is 0 Å². The molecule has 2 unspecified atom stereocenters. The van der Waals surface area contributed by atoms with Crippen molar-refractivity contribution < 1.29 is 34.3 Å². The van der Waals surface area contributed by atoms with Gasteiger partial charge in [-0.1, -0.05) is 6.92 Å². The Bertz CT molecular complexity index is 260. The molecule has 0 aromatic heterocycles. The minimum absolute atomic E-state index is 0.0599. The molecule has 2 fully saturated rings. The monoisotopic (exact) mass is 294 g/mol. The number of hydrogen-bond donors (Lipinski definition) is 3. The molecule has 2 aliphatic heterocycles. The number of rotatable bonds is 4. The van der Waals surface area contributed by atoms with E-state index >= 15 is 0 Å². The topological polar surface area (TPSA) is 97.6 Å². The third kappa shape index (κ3) is 4.92. The van der Waals surface area contributed by atoms with Gasteiger partial charge in [0.15, 0.2) is 11.6 Å². The number of ether oxygens (including phenoxy) is 4. The van der Waals surface area contributed by atoms with Crippen LogP contribution in [0.1, 0.15) is 27.2 Å². The molecule has 2 heterocycles.